The molecule has 6 heteroatoms. The number of morpholine rings is 1. The number of hydrogen-bond donors (Lipinski definition) is 1. The number of alkyl halides is 3. The van der Waals surface area contributed by atoms with Gasteiger partial charge in [-0.05, 0) is 24.6 Å². The van der Waals surface area contributed by atoms with Crippen molar-refractivity contribution in [2.24, 2.45) is 5.73 Å². The van der Waals surface area contributed by atoms with Gasteiger partial charge in [0.2, 0.25) is 0 Å². The van der Waals surface area contributed by atoms with Crippen LogP contribution in [0.4, 0.5) is 13.2 Å². The Bertz CT molecular complexity index is 464. The maximum atomic E-state index is 12.7. The highest BCUT2D eigenvalue weighted by Gasteiger charge is 2.31. The van der Waals surface area contributed by atoms with E-state index in [0.29, 0.717) is 18.6 Å². The van der Waals surface area contributed by atoms with E-state index >= 15 is 0 Å². The molecular formula is C15H21F3N2O. The number of hydrogen-bond acceptors (Lipinski definition) is 3. The van der Waals surface area contributed by atoms with Crippen LogP contribution in [0.25, 0.3) is 0 Å². The summed E-state index contributed by atoms with van der Waals surface area (Å²) in [5.74, 6) is 0. The lowest BCUT2D eigenvalue weighted by atomic mass is 9.99. The summed E-state index contributed by atoms with van der Waals surface area (Å²) in [5.41, 5.74) is 6.08. The lowest BCUT2D eigenvalue weighted by Gasteiger charge is -2.35. The number of likely N-dealkylation sites (N-methyl/N-ethyl adjacent to an activating group) is 1. The van der Waals surface area contributed by atoms with Gasteiger partial charge in [0.1, 0.15) is 0 Å². The van der Waals surface area contributed by atoms with Crippen LogP contribution in [0.3, 0.4) is 0 Å². The Labute approximate surface area is 122 Å². The fourth-order valence-electron chi connectivity index (χ4n) is 2.56. The van der Waals surface area contributed by atoms with Crippen LogP contribution in [0.1, 0.15) is 18.1 Å². The number of rotatable bonds is 4. The molecule has 2 unspecified atom stereocenters. The number of nitrogens with two attached hydrogens (primary N) is 1. The molecule has 1 aromatic rings. The highest BCUT2D eigenvalue weighted by molar-refractivity contribution is 5.26. The third kappa shape index (κ3) is 4.43. The van der Waals surface area contributed by atoms with Crippen molar-refractivity contribution in [2.45, 2.75) is 31.7 Å². The van der Waals surface area contributed by atoms with Crippen molar-refractivity contribution in [1.82, 2.24) is 4.90 Å². The maximum absolute atomic E-state index is 12.7. The lowest BCUT2D eigenvalue weighted by Crippen LogP contribution is -2.51. The third-order valence-electron chi connectivity index (χ3n) is 3.83. The summed E-state index contributed by atoms with van der Waals surface area (Å²) in [6.45, 7) is 5.23. The van der Waals surface area contributed by atoms with Crippen LogP contribution in [0.15, 0.2) is 24.3 Å². The van der Waals surface area contributed by atoms with E-state index < -0.39 is 11.7 Å². The molecule has 0 aromatic heterocycles. The molecule has 3 nitrogen and oxygen atoms in total. The molecule has 0 radical (unpaired) electrons. The number of nitrogens with zero attached hydrogens (tertiary/aromatic N) is 1. The summed E-state index contributed by atoms with van der Waals surface area (Å²) in [7, 11) is 0. The van der Waals surface area contributed by atoms with Gasteiger partial charge in [0.25, 0.3) is 0 Å². The molecule has 1 heterocycles. The molecule has 0 bridgehead atoms. The molecule has 21 heavy (non-hydrogen) atoms. The molecule has 0 amide bonds. The van der Waals surface area contributed by atoms with Crippen molar-refractivity contribution in [2.75, 3.05) is 26.2 Å². The summed E-state index contributed by atoms with van der Waals surface area (Å²) < 4.78 is 43.7. The monoisotopic (exact) mass is 302 g/mol. The molecule has 118 valence electrons. The van der Waals surface area contributed by atoms with Gasteiger partial charge in [-0.3, -0.25) is 4.90 Å². The van der Waals surface area contributed by atoms with Crippen molar-refractivity contribution in [3.05, 3.63) is 35.4 Å². The number of halogens is 3. The fraction of sp³-hybridized carbons (Fsp3) is 0.600. The number of ether oxygens (including phenoxy) is 1. The molecule has 2 N–H and O–H groups in total. The van der Waals surface area contributed by atoms with Crippen LogP contribution in [-0.2, 0) is 17.3 Å². The van der Waals surface area contributed by atoms with Gasteiger partial charge in [-0.25, -0.2) is 0 Å². The van der Waals surface area contributed by atoms with E-state index in [9.17, 15) is 13.2 Å². The second-order valence-corrected chi connectivity index (χ2v) is 5.37. The molecule has 1 saturated heterocycles. The lowest BCUT2D eigenvalue weighted by molar-refractivity contribution is -0.137. The van der Waals surface area contributed by atoms with Crippen molar-refractivity contribution in [1.29, 1.82) is 0 Å². The summed E-state index contributed by atoms with van der Waals surface area (Å²) in [6.07, 6.45) is -4.07. The molecule has 0 aliphatic carbocycles. The van der Waals surface area contributed by atoms with Gasteiger partial charge in [0, 0.05) is 19.1 Å². The minimum Gasteiger partial charge on any atom is -0.374 e. The maximum Gasteiger partial charge on any atom is 0.416 e. The zero-order valence-corrected chi connectivity index (χ0v) is 12.1. The second kappa shape index (κ2) is 6.77. The minimum atomic E-state index is -4.32. The molecule has 1 aliphatic rings. The smallest absolute Gasteiger partial charge is 0.374 e. The Hall–Kier alpha value is -1.11. The quantitative estimate of drug-likeness (QED) is 0.927. The molecule has 0 spiro atoms. The van der Waals surface area contributed by atoms with Gasteiger partial charge in [-0.2, -0.15) is 13.2 Å². The van der Waals surface area contributed by atoms with Crippen molar-refractivity contribution in [3.8, 4) is 0 Å². The topological polar surface area (TPSA) is 38.5 Å². The minimum absolute atomic E-state index is 0.131. The first-order chi connectivity index (χ1) is 9.90. The summed E-state index contributed by atoms with van der Waals surface area (Å²) in [6, 6.07) is 5.04. The standard InChI is InChI=1S/C15H21F3N2O/c1-2-20-6-7-21-14(10-20)13(19)9-11-4-3-5-12(8-11)15(16,17)18/h3-5,8,13-14H,2,6-7,9-10,19H2,1H3. The molecule has 2 atom stereocenters. The van der Waals surface area contributed by atoms with E-state index in [4.69, 9.17) is 10.5 Å². The van der Waals surface area contributed by atoms with Crippen LogP contribution in [0.2, 0.25) is 0 Å². The average molecular weight is 302 g/mol. The van der Waals surface area contributed by atoms with Crippen LogP contribution in [0.5, 0.6) is 0 Å². The zero-order valence-electron chi connectivity index (χ0n) is 12.1. The van der Waals surface area contributed by atoms with Gasteiger partial charge >= 0.3 is 6.18 Å². The molecule has 2 rings (SSSR count). The third-order valence-corrected chi connectivity index (χ3v) is 3.83. The SMILES string of the molecule is CCN1CCOC(C(N)Cc2cccc(C(F)(F)F)c2)C1. The largest absolute Gasteiger partial charge is 0.416 e. The predicted molar refractivity (Wildman–Crippen MR) is 75.0 cm³/mol. The Morgan fingerprint density at radius 2 is 2.19 bits per heavy atom. The highest BCUT2D eigenvalue weighted by atomic mass is 19.4. The van der Waals surface area contributed by atoms with Gasteiger partial charge in [0.15, 0.2) is 0 Å². The van der Waals surface area contributed by atoms with Crippen LogP contribution >= 0.6 is 0 Å². The Morgan fingerprint density at radius 3 is 2.86 bits per heavy atom. The first kappa shape index (κ1) is 16.3. The molecule has 1 aromatic carbocycles. The van der Waals surface area contributed by atoms with E-state index in [0.717, 1.165) is 25.7 Å². The molecule has 0 saturated carbocycles. The van der Waals surface area contributed by atoms with E-state index in [1.54, 1.807) is 6.07 Å². The Morgan fingerprint density at radius 1 is 1.43 bits per heavy atom. The van der Waals surface area contributed by atoms with Crippen molar-refractivity contribution in [3.63, 3.8) is 0 Å². The first-order valence-corrected chi connectivity index (χ1v) is 7.16. The van der Waals surface area contributed by atoms with E-state index in [-0.39, 0.29) is 12.1 Å². The highest BCUT2D eigenvalue weighted by Crippen LogP contribution is 2.29. The van der Waals surface area contributed by atoms with Gasteiger partial charge in [-0.15, -0.1) is 0 Å². The van der Waals surface area contributed by atoms with Crippen molar-refractivity contribution < 1.29 is 17.9 Å². The van der Waals surface area contributed by atoms with Crippen LogP contribution < -0.4 is 5.73 Å². The predicted octanol–water partition coefficient (Wildman–Crippen LogP) is 2.30. The van der Waals surface area contributed by atoms with E-state index in [2.05, 4.69) is 11.8 Å². The first-order valence-electron chi connectivity index (χ1n) is 7.16. The van der Waals surface area contributed by atoms with Gasteiger partial charge < -0.3 is 10.5 Å². The van der Waals surface area contributed by atoms with E-state index in [1.165, 1.54) is 12.1 Å². The summed E-state index contributed by atoms with van der Waals surface area (Å²) in [5, 5.41) is 0. The Balaban J connectivity index is 2.00. The fourth-order valence-corrected chi connectivity index (χ4v) is 2.56. The van der Waals surface area contributed by atoms with Crippen LogP contribution in [-0.4, -0.2) is 43.3 Å². The Kier molecular flexibility index (Phi) is 5.24. The summed E-state index contributed by atoms with van der Waals surface area (Å²) >= 11 is 0. The van der Waals surface area contributed by atoms with Crippen molar-refractivity contribution >= 4 is 0 Å². The van der Waals surface area contributed by atoms with E-state index in [1.807, 2.05) is 0 Å². The zero-order chi connectivity index (χ0) is 15.5. The normalized spacial score (nSPS) is 22.2. The number of benzene rings is 1. The average Bonchev–Trinajstić information content (AvgIpc) is 2.46. The van der Waals surface area contributed by atoms with Gasteiger partial charge in [-0.1, -0.05) is 25.1 Å². The van der Waals surface area contributed by atoms with Crippen LogP contribution in [0, 0.1) is 0 Å². The molecule has 1 fully saturated rings. The second-order valence-electron chi connectivity index (χ2n) is 5.37. The molecular weight excluding hydrogens is 281 g/mol. The summed E-state index contributed by atoms with van der Waals surface area (Å²) in [4.78, 5) is 2.24. The molecule has 1 aliphatic heterocycles. The van der Waals surface area contributed by atoms with Gasteiger partial charge in [0.05, 0.1) is 18.3 Å².